The first kappa shape index (κ1) is 19.8. The van der Waals surface area contributed by atoms with Gasteiger partial charge in [0.1, 0.15) is 11.4 Å². The van der Waals surface area contributed by atoms with Crippen LogP contribution in [0.1, 0.15) is 24.3 Å². The number of benzene rings is 2. The van der Waals surface area contributed by atoms with E-state index in [2.05, 4.69) is 25.9 Å². The van der Waals surface area contributed by atoms with Crippen molar-refractivity contribution in [2.24, 2.45) is 0 Å². The summed E-state index contributed by atoms with van der Waals surface area (Å²) in [7, 11) is 0. The van der Waals surface area contributed by atoms with Crippen LogP contribution >= 0.6 is 0 Å². The van der Waals surface area contributed by atoms with Crippen LogP contribution in [0.5, 0.6) is 5.75 Å². The molecule has 0 saturated carbocycles. The summed E-state index contributed by atoms with van der Waals surface area (Å²) in [5, 5.41) is 8.54. The third-order valence-electron chi connectivity index (χ3n) is 3.76. The topological polar surface area (TPSA) is 105 Å². The van der Waals surface area contributed by atoms with Gasteiger partial charge in [-0.05, 0) is 43.3 Å². The molecule has 0 unspecified atom stereocenters. The van der Waals surface area contributed by atoms with Crippen molar-refractivity contribution in [3.8, 4) is 5.75 Å². The van der Waals surface area contributed by atoms with Crippen molar-refractivity contribution >= 4 is 34.8 Å². The summed E-state index contributed by atoms with van der Waals surface area (Å²) < 4.78 is 5.53. The summed E-state index contributed by atoms with van der Waals surface area (Å²) in [5.74, 6) is 0.306. The molecule has 0 atom stereocenters. The molecule has 8 nitrogen and oxygen atoms in total. The molecular formula is C21H21N5O3. The second-order valence-corrected chi connectivity index (χ2v) is 6.04. The highest BCUT2D eigenvalue weighted by Gasteiger charge is 2.12. The third-order valence-corrected chi connectivity index (χ3v) is 3.76. The Morgan fingerprint density at radius 1 is 1.00 bits per heavy atom. The van der Waals surface area contributed by atoms with Crippen molar-refractivity contribution in [2.75, 3.05) is 22.6 Å². The SMILES string of the molecule is CCOc1ccccc1NC(=O)c1ccnc(Nc2cccc(NC(C)=O)c2)n1. The van der Waals surface area contributed by atoms with E-state index in [-0.39, 0.29) is 23.5 Å². The number of amides is 2. The number of hydrogen-bond acceptors (Lipinski definition) is 6. The van der Waals surface area contributed by atoms with Crippen molar-refractivity contribution in [1.82, 2.24) is 9.97 Å². The van der Waals surface area contributed by atoms with Crippen molar-refractivity contribution in [1.29, 1.82) is 0 Å². The van der Waals surface area contributed by atoms with Gasteiger partial charge in [0.25, 0.3) is 5.91 Å². The first-order valence-corrected chi connectivity index (χ1v) is 9.06. The molecule has 3 aromatic rings. The zero-order valence-corrected chi connectivity index (χ0v) is 16.1. The number of rotatable bonds is 7. The van der Waals surface area contributed by atoms with Gasteiger partial charge in [0.2, 0.25) is 11.9 Å². The van der Waals surface area contributed by atoms with Gasteiger partial charge < -0.3 is 20.7 Å². The van der Waals surface area contributed by atoms with Gasteiger partial charge in [-0.3, -0.25) is 9.59 Å². The Kier molecular flexibility index (Phi) is 6.36. The molecule has 0 aliphatic rings. The second kappa shape index (κ2) is 9.32. The maximum absolute atomic E-state index is 12.6. The normalized spacial score (nSPS) is 10.1. The maximum Gasteiger partial charge on any atom is 0.274 e. The highest BCUT2D eigenvalue weighted by molar-refractivity contribution is 6.03. The van der Waals surface area contributed by atoms with Gasteiger partial charge >= 0.3 is 0 Å². The van der Waals surface area contributed by atoms with Crippen LogP contribution in [0, 0.1) is 0 Å². The third kappa shape index (κ3) is 5.52. The number of nitrogens with one attached hydrogen (secondary N) is 3. The van der Waals surface area contributed by atoms with Crippen LogP contribution in [0.3, 0.4) is 0 Å². The summed E-state index contributed by atoms with van der Waals surface area (Å²) in [6.07, 6.45) is 1.50. The second-order valence-electron chi connectivity index (χ2n) is 6.04. The maximum atomic E-state index is 12.6. The minimum absolute atomic E-state index is 0.163. The highest BCUT2D eigenvalue weighted by atomic mass is 16.5. The molecule has 0 saturated heterocycles. The lowest BCUT2D eigenvalue weighted by Gasteiger charge is -2.11. The molecule has 29 heavy (non-hydrogen) atoms. The lowest BCUT2D eigenvalue weighted by molar-refractivity contribution is -0.114. The van der Waals surface area contributed by atoms with E-state index in [1.807, 2.05) is 19.1 Å². The van der Waals surface area contributed by atoms with Crippen LogP contribution in [-0.4, -0.2) is 28.4 Å². The molecule has 2 amide bonds. The van der Waals surface area contributed by atoms with E-state index in [1.54, 1.807) is 36.4 Å². The highest BCUT2D eigenvalue weighted by Crippen LogP contribution is 2.24. The number of aromatic nitrogens is 2. The molecule has 2 aromatic carbocycles. The minimum atomic E-state index is -0.380. The fraction of sp³-hybridized carbons (Fsp3) is 0.143. The molecule has 0 aliphatic carbocycles. The van der Waals surface area contributed by atoms with Gasteiger partial charge in [0.15, 0.2) is 0 Å². The number of carbonyl (C=O) groups is 2. The molecule has 0 aliphatic heterocycles. The number of ether oxygens (including phenoxy) is 1. The molecule has 0 fully saturated rings. The Morgan fingerprint density at radius 2 is 1.79 bits per heavy atom. The van der Waals surface area contributed by atoms with Crippen LogP contribution in [0.15, 0.2) is 60.8 Å². The molecule has 0 bridgehead atoms. The molecule has 3 N–H and O–H groups in total. The largest absolute Gasteiger partial charge is 0.492 e. The van der Waals surface area contributed by atoms with Crippen LogP contribution in [-0.2, 0) is 4.79 Å². The van der Waals surface area contributed by atoms with Crippen LogP contribution in [0.2, 0.25) is 0 Å². The fourth-order valence-electron chi connectivity index (χ4n) is 2.59. The molecule has 0 radical (unpaired) electrons. The number of nitrogens with zero attached hydrogens (tertiary/aromatic N) is 2. The Morgan fingerprint density at radius 3 is 2.59 bits per heavy atom. The molecule has 0 spiro atoms. The van der Waals surface area contributed by atoms with Gasteiger partial charge in [-0.1, -0.05) is 18.2 Å². The summed E-state index contributed by atoms with van der Waals surface area (Å²) >= 11 is 0. The smallest absolute Gasteiger partial charge is 0.274 e. The number of hydrogen-bond donors (Lipinski definition) is 3. The monoisotopic (exact) mass is 391 g/mol. The zero-order chi connectivity index (χ0) is 20.6. The standard InChI is InChI=1S/C21H21N5O3/c1-3-29-19-10-5-4-9-17(19)25-20(28)18-11-12-22-21(26-18)24-16-8-6-7-15(13-16)23-14(2)27/h4-13H,3H2,1-2H3,(H,23,27)(H,25,28)(H,22,24,26). The van der Waals surface area contributed by atoms with E-state index in [0.717, 1.165) is 0 Å². The van der Waals surface area contributed by atoms with Crippen molar-refractivity contribution in [3.63, 3.8) is 0 Å². The summed E-state index contributed by atoms with van der Waals surface area (Å²) in [5.41, 5.74) is 2.08. The molecule has 1 aromatic heterocycles. The first-order valence-electron chi connectivity index (χ1n) is 9.06. The Hall–Kier alpha value is -3.94. The zero-order valence-electron chi connectivity index (χ0n) is 16.1. The van der Waals surface area contributed by atoms with Gasteiger partial charge in [-0.25, -0.2) is 9.97 Å². The van der Waals surface area contributed by atoms with Crippen LogP contribution in [0.25, 0.3) is 0 Å². The van der Waals surface area contributed by atoms with E-state index < -0.39 is 0 Å². The minimum Gasteiger partial charge on any atom is -0.492 e. The lowest BCUT2D eigenvalue weighted by Crippen LogP contribution is -2.15. The number of carbonyl (C=O) groups excluding carboxylic acids is 2. The molecule has 1 heterocycles. The van der Waals surface area contributed by atoms with Crippen molar-refractivity contribution < 1.29 is 14.3 Å². The van der Waals surface area contributed by atoms with E-state index >= 15 is 0 Å². The van der Waals surface area contributed by atoms with Gasteiger partial charge in [-0.2, -0.15) is 0 Å². The van der Waals surface area contributed by atoms with Crippen LogP contribution in [0.4, 0.5) is 23.0 Å². The molecule has 148 valence electrons. The Labute approximate surface area is 168 Å². The van der Waals surface area contributed by atoms with E-state index in [4.69, 9.17) is 4.74 Å². The van der Waals surface area contributed by atoms with Crippen LogP contribution < -0.4 is 20.7 Å². The van der Waals surface area contributed by atoms with Gasteiger partial charge in [0.05, 0.1) is 12.3 Å². The summed E-state index contributed by atoms with van der Waals surface area (Å²) in [4.78, 5) is 32.2. The quantitative estimate of drug-likeness (QED) is 0.565. The van der Waals surface area contributed by atoms with Crippen molar-refractivity contribution in [3.05, 3.63) is 66.5 Å². The fourth-order valence-corrected chi connectivity index (χ4v) is 2.59. The van der Waals surface area contributed by atoms with E-state index in [9.17, 15) is 9.59 Å². The lowest BCUT2D eigenvalue weighted by atomic mass is 10.2. The van der Waals surface area contributed by atoms with E-state index in [1.165, 1.54) is 19.2 Å². The Balaban J connectivity index is 1.74. The molecule has 8 heteroatoms. The average molecular weight is 391 g/mol. The van der Waals surface area contributed by atoms with E-state index in [0.29, 0.717) is 29.4 Å². The summed E-state index contributed by atoms with van der Waals surface area (Å²) in [6.45, 7) is 3.81. The first-order chi connectivity index (χ1) is 14.0. The summed E-state index contributed by atoms with van der Waals surface area (Å²) in [6, 6.07) is 15.8. The average Bonchev–Trinajstić information content (AvgIpc) is 2.69. The molecule has 3 rings (SSSR count). The number of para-hydroxylation sites is 2. The van der Waals surface area contributed by atoms with Gasteiger partial charge in [-0.15, -0.1) is 0 Å². The van der Waals surface area contributed by atoms with Gasteiger partial charge in [0, 0.05) is 24.5 Å². The Bertz CT molecular complexity index is 1020. The molecular weight excluding hydrogens is 370 g/mol. The predicted octanol–water partition coefficient (Wildman–Crippen LogP) is 3.83. The predicted molar refractivity (Wildman–Crippen MR) is 112 cm³/mol. The van der Waals surface area contributed by atoms with Crippen molar-refractivity contribution in [2.45, 2.75) is 13.8 Å². The number of anilines is 4.